The number of halogens is 1. The SMILES string of the molecule is OC(c1cccc(F)c1)c1cc2ccccc2o1. The summed E-state index contributed by atoms with van der Waals surface area (Å²) in [6, 6.07) is 15.1. The van der Waals surface area contributed by atoms with Gasteiger partial charge in [0.15, 0.2) is 0 Å². The van der Waals surface area contributed by atoms with E-state index >= 15 is 0 Å². The number of rotatable bonds is 2. The number of hydrogen-bond acceptors (Lipinski definition) is 2. The van der Waals surface area contributed by atoms with E-state index in [2.05, 4.69) is 0 Å². The van der Waals surface area contributed by atoms with Crippen molar-refractivity contribution in [1.82, 2.24) is 0 Å². The molecule has 0 bridgehead atoms. The molecule has 3 rings (SSSR count). The van der Waals surface area contributed by atoms with E-state index in [1.54, 1.807) is 18.2 Å². The predicted octanol–water partition coefficient (Wildman–Crippen LogP) is 3.65. The summed E-state index contributed by atoms with van der Waals surface area (Å²) >= 11 is 0. The van der Waals surface area contributed by atoms with Crippen molar-refractivity contribution in [2.24, 2.45) is 0 Å². The van der Waals surface area contributed by atoms with E-state index in [1.165, 1.54) is 12.1 Å². The summed E-state index contributed by atoms with van der Waals surface area (Å²) in [5.74, 6) is 0.0458. The van der Waals surface area contributed by atoms with Crippen LogP contribution in [-0.2, 0) is 0 Å². The zero-order valence-corrected chi connectivity index (χ0v) is 9.51. The summed E-state index contributed by atoms with van der Waals surface area (Å²) in [5.41, 5.74) is 1.19. The van der Waals surface area contributed by atoms with E-state index in [1.807, 2.05) is 24.3 Å². The van der Waals surface area contributed by atoms with Gasteiger partial charge in [0.25, 0.3) is 0 Å². The number of aliphatic hydroxyl groups is 1. The number of furan rings is 1. The molecule has 0 aliphatic heterocycles. The Morgan fingerprint density at radius 3 is 2.61 bits per heavy atom. The Morgan fingerprint density at radius 1 is 1.00 bits per heavy atom. The van der Waals surface area contributed by atoms with Crippen LogP contribution >= 0.6 is 0 Å². The monoisotopic (exact) mass is 242 g/mol. The first-order valence-corrected chi connectivity index (χ1v) is 5.66. The predicted molar refractivity (Wildman–Crippen MR) is 66.7 cm³/mol. The molecule has 0 spiro atoms. The molecule has 18 heavy (non-hydrogen) atoms. The Labute approximate surface area is 103 Å². The van der Waals surface area contributed by atoms with Crippen LogP contribution in [0.15, 0.2) is 59.0 Å². The highest BCUT2D eigenvalue weighted by Gasteiger charge is 2.15. The minimum absolute atomic E-state index is 0.373. The first kappa shape index (κ1) is 11.0. The van der Waals surface area contributed by atoms with Gasteiger partial charge in [-0.2, -0.15) is 0 Å². The number of hydrogen-bond donors (Lipinski definition) is 1. The third-order valence-corrected chi connectivity index (χ3v) is 2.88. The lowest BCUT2D eigenvalue weighted by Gasteiger charge is -2.07. The topological polar surface area (TPSA) is 33.4 Å². The Kier molecular flexibility index (Phi) is 2.61. The van der Waals surface area contributed by atoms with Crippen molar-refractivity contribution in [2.45, 2.75) is 6.10 Å². The van der Waals surface area contributed by atoms with Gasteiger partial charge in [0, 0.05) is 5.39 Å². The lowest BCUT2D eigenvalue weighted by molar-refractivity contribution is 0.192. The van der Waals surface area contributed by atoms with Crippen LogP contribution in [0.2, 0.25) is 0 Å². The van der Waals surface area contributed by atoms with Crippen molar-refractivity contribution in [3.8, 4) is 0 Å². The van der Waals surface area contributed by atoms with E-state index in [0.29, 0.717) is 16.9 Å². The Hall–Kier alpha value is -2.13. The number of aliphatic hydroxyl groups excluding tert-OH is 1. The second kappa shape index (κ2) is 4.27. The summed E-state index contributed by atoms with van der Waals surface area (Å²) in [4.78, 5) is 0. The van der Waals surface area contributed by atoms with Gasteiger partial charge < -0.3 is 9.52 Å². The molecule has 0 aliphatic carbocycles. The summed E-state index contributed by atoms with van der Waals surface area (Å²) < 4.78 is 18.7. The van der Waals surface area contributed by atoms with Gasteiger partial charge in [0.2, 0.25) is 0 Å². The molecular weight excluding hydrogens is 231 g/mol. The molecule has 0 saturated carbocycles. The Morgan fingerprint density at radius 2 is 1.83 bits per heavy atom. The zero-order valence-electron chi connectivity index (χ0n) is 9.51. The van der Waals surface area contributed by atoms with Crippen LogP contribution in [0.3, 0.4) is 0 Å². The fraction of sp³-hybridized carbons (Fsp3) is 0.0667. The molecule has 3 aromatic rings. The summed E-state index contributed by atoms with van der Waals surface area (Å²) in [5, 5.41) is 11.1. The first-order valence-electron chi connectivity index (χ1n) is 5.66. The standard InChI is InChI=1S/C15H11FO2/c16-12-6-3-5-11(8-12)15(17)14-9-10-4-1-2-7-13(10)18-14/h1-9,15,17H. The molecule has 0 saturated heterocycles. The highest BCUT2D eigenvalue weighted by molar-refractivity contribution is 5.77. The van der Waals surface area contributed by atoms with E-state index in [4.69, 9.17) is 4.42 Å². The van der Waals surface area contributed by atoms with Crippen LogP contribution in [0.25, 0.3) is 11.0 Å². The van der Waals surface area contributed by atoms with Gasteiger partial charge in [-0.15, -0.1) is 0 Å². The van der Waals surface area contributed by atoms with Crippen LogP contribution in [0.5, 0.6) is 0 Å². The summed E-state index contributed by atoms with van der Waals surface area (Å²) in [6.45, 7) is 0. The molecule has 0 amide bonds. The summed E-state index contributed by atoms with van der Waals surface area (Å²) in [7, 11) is 0. The van der Waals surface area contributed by atoms with Gasteiger partial charge in [0.05, 0.1) is 0 Å². The van der Waals surface area contributed by atoms with Crippen LogP contribution < -0.4 is 0 Å². The minimum atomic E-state index is -0.951. The number of benzene rings is 2. The third kappa shape index (κ3) is 1.89. The van der Waals surface area contributed by atoms with E-state index in [-0.39, 0.29) is 5.82 Å². The molecule has 1 atom stereocenters. The molecule has 1 heterocycles. The zero-order chi connectivity index (χ0) is 12.5. The third-order valence-electron chi connectivity index (χ3n) is 2.88. The Balaban J connectivity index is 2.03. The molecule has 0 aliphatic rings. The molecule has 3 heteroatoms. The molecule has 0 radical (unpaired) electrons. The molecule has 1 aromatic heterocycles. The molecule has 1 unspecified atom stereocenters. The second-order valence-electron chi connectivity index (χ2n) is 4.14. The maximum Gasteiger partial charge on any atom is 0.138 e. The minimum Gasteiger partial charge on any atom is -0.458 e. The molecular formula is C15H11FO2. The average Bonchev–Trinajstić information content (AvgIpc) is 2.81. The Bertz CT molecular complexity index is 655. The van der Waals surface area contributed by atoms with Gasteiger partial charge in [-0.25, -0.2) is 4.39 Å². The van der Waals surface area contributed by atoms with Crippen molar-refractivity contribution in [2.75, 3.05) is 0 Å². The summed E-state index contributed by atoms with van der Waals surface area (Å²) in [6.07, 6.45) is -0.951. The highest BCUT2D eigenvalue weighted by Crippen LogP contribution is 2.28. The number of fused-ring (bicyclic) bond motifs is 1. The van der Waals surface area contributed by atoms with E-state index < -0.39 is 6.10 Å². The van der Waals surface area contributed by atoms with Gasteiger partial charge in [-0.1, -0.05) is 30.3 Å². The fourth-order valence-corrected chi connectivity index (χ4v) is 1.98. The number of para-hydroxylation sites is 1. The quantitative estimate of drug-likeness (QED) is 0.744. The van der Waals surface area contributed by atoms with Crippen molar-refractivity contribution in [3.05, 3.63) is 71.7 Å². The molecule has 1 N–H and O–H groups in total. The first-order chi connectivity index (χ1) is 8.74. The second-order valence-corrected chi connectivity index (χ2v) is 4.14. The van der Waals surface area contributed by atoms with E-state index in [9.17, 15) is 9.50 Å². The molecule has 2 aromatic carbocycles. The van der Waals surface area contributed by atoms with Crippen molar-refractivity contribution in [1.29, 1.82) is 0 Å². The van der Waals surface area contributed by atoms with Crippen LogP contribution in [0, 0.1) is 5.82 Å². The van der Waals surface area contributed by atoms with E-state index in [0.717, 1.165) is 5.39 Å². The lowest BCUT2D eigenvalue weighted by Crippen LogP contribution is -1.98. The van der Waals surface area contributed by atoms with Gasteiger partial charge in [-0.3, -0.25) is 0 Å². The molecule has 0 fully saturated rings. The van der Waals surface area contributed by atoms with Crippen molar-refractivity contribution >= 4 is 11.0 Å². The normalized spacial score (nSPS) is 12.8. The van der Waals surface area contributed by atoms with Gasteiger partial charge >= 0.3 is 0 Å². The van der Waals surface area contributed by atoms with Crippen LogP contribution in [0.1, 0.15) is 17.4 Å². The van der Waals surface area contributed by atoms with Crippen molar-refractivity contribution < 1.29 is 13.9 Å². The maximum atomic E-state index is 13.1. The average molecular weight is 242 g/mol. The largest absolute Gasteiger partial charge is 0.458 e. The van der Waals surface area contributed by atoms with Crippen LogP contribution in [0.4, 0.5) is 4.39 Å². The molecule has 90 valence electrons. The smallest absolute Gasteiger partial charge is 0.138 e. The van der Waals surface area contributed by atoms with Gasteiger partial charge in [-0.05, 0) is 29.8 Å². The highest BCUT2D eigenvalue weighted by atomic mass is 19.1. The fourth-order valence-electron chi connectivity index (χ4n) is 1.98. The maximum absolute atomic E-state index is 13.1. The van der Waals surface area contributed by atoms with Crippen molar-refractivity contribution in [3.63, 3.8) is 0 Å². The lowest BCUT2D eigenvalue weighted by atomic mass is 10.1. The van der Waals surface area contributed by atoms with Crippen LogP contribution in [-0.4, -0.2) is 5.11 Å². The van der Waals surface area contributed by atoms with Gasteiger partial charge in [0.1, 0.15) is 23.3 Å². The molecule has 2 nitrogen and oxygen atoms in total.